The Morgan fingerprint density at radius 2 is 2.12 bits per heavy atom. The number of hydrogen-bond acceptors (Lipinski definition) is 4. The van der Waals surface area contributed by atoms with E-state index in [4.69, 9.17) is 11.6 Å². The van der Waals surface area contributed by atoms with Gasteiger partial charge in [0.25, 0.3) is 0 Å². The molecule has 0 amide bonds. The van der Waals surface area contributed by atoms with Crippen molar-refractivity contribution in [3.05, 3.63) is 40.3 Å². The molecule has 3 heterocycles. The molecule has 0 fully saturated rings. The molecule has 0 spiro atoms. The Labute approximate surface area is 104 Å². The maximum absolute atomic E-state index is 5.81. The molecule has 4 nitrogen and oxygen atoms in total. The summed E-state index contributed by atoms with van der Waals surface area (Å²) in [4.78, 5) is 13.3. The van der Waals surface area contributed by atoms with Crippen molar-refractivity contribution in [2.24, 2.45) is 0 Å². The van der Waals surface area contributed by atoms with Crippen LogP contribution < -0.4 is 5.32 Å². The third-order valence-corrected chi connectivity index (χ3v) is 3.07. The lowest BCUT2D eigenvalue weighted by Gasteiger charge is -2.05. The van der Waals surface area contributed by atoms with Gasteiger partial charge in [-0.3, -0.25) is 4.98 Å². The van der Waals surface area contributed by atoms with Crippen LogP contribution in [0.4, 0.5) is 0 Å². The first-order valence-corrected chi connectivity index (χ1v) is 5.81. The number of pyridine rings is 1. The van der Waals surface area contributed by atoms with Crippen molar-refractivity contribution in [3.63, 3.8) is 0 Å². The van der Waals surface area contributed by atoms with E-state index in [-0.39, 0.29) is 0 Å². The van der Waals surface area contributed by atoms with E-state index in [2.05, 4.69) is 20.3 Å². The van der Waals surface area contributed by atoms with E-state index in [0.29, 0.717) is 10.8 Å². The van der Waals surface area contributed by atoms with Gasteiger partial charge >= 0.3 is 0 Å². The fourth-order valence-electron chi connectivity index (χ4n) is 1.96. The Morgan fingerprint density at radius 3 is 2.88 bits per heavy atom. The summed E-state index contributed by atoms with van der Waals surface area (Å²) in [5.74, 6) is 0.668. The van der Waals surface area contributed by atoms with Crippen molar-refractivity contribution in [3.8, 4) is 11.5 Å². The van der Waals surface area contributed by atoms with Crippen molar-refractivity contribution in [2.75, 3.05) is 0 Å². The van der Waals surface area contributed by atoms with Crippen LogP contribution in [0.15, 0.2) is 18.3 Å². The molecule has 3 rings (SSSR count). The Balaban J connectivity index is 2.10. The second-order valence-corrected chi connectivity index (χ2v) is 4.46. The Morgan fingerprint density at radius 1 is 1.24 bits per heavy atom. The maximum Gasteiger partial charge on any atom is 0.178 e. The summed E-state index contributed by atoms with van der Waals surface area (Å²) in [6.07, 6.45) is 1.61. The minimum absolute atomic E-state index is 0.619. The van der Waals surface area contributed by atoms with Gasteiger partial charge in [-0.15, -0.1) is 0 Å². The molecule has 0 atom stereocenters. The molecule has 0 unspecified atom stereocenters. The van der Waals surface area contributed by atoms with Gasteiger partial charge in [0.2, 0.25) is 0 Å². The molecule has 2 aromatic rings. The SMILES string of the molecule is Cc1nc(-c2ccc(Cl)cn2)nc2c1CNC2. The van der Waals surface area contributed by atoms with Gasteiger partial charge in [0, 0.05) is 30.5 Å². The molecule has 0 saturated heterocycles. The first-order chi connectivity index (χ1) is 8.24. The number of rotatable bonds is 1. The first kappa shape index (κ1) is 10.6. The van der Waals surface area contributed by atoms with E-state index < -0.39 is 0 Å². The zero-order valence-electron chi connectivity index (χ0n) is 9.37. The fraction of sp³-hybridized carbons (Fsp3) is 0.250. The highest BCUT2D eigenvalue weighted by Gasteiger charge is 2.17. The molecule has 0 aliphatic carbocycles. The van der Waals surface area contributed by atoms with E-state index in [0.717, 1.165) is 30.2 Å². The van der Waals surface area contributed by atoms with Crippen LogP contribution in [0.25, 0.3) is 11.5 Å². The zero-order valence-corrected chi connectivity index (χ0v) is 10.1. The minimum Gasteiger partial charge on any atom is -0.307 e. The van der Waals surface area contributed by atoms with Gasteiger partial charge < -0.3 is 5.32 Å². The molecule has 1 aliphatic rings. The molecule has 0 radical (unpaired) electrons. The number of fused-ring (bicyclic) bond motifs is 1. The van der Waals surface area contributed by atoms with Gasteiger partial charge in [-0.2, -0.15) is 0 Å². The third-order valence-electron chi connectivity index (χ3n) is 2.85. The highest BCUT2D eigenvalue weighted by atomic mass is 35.5. The van der Waals surface area contributed by atoms with Gasteiger partial charge in [0.15, 0.2) is 5.82 Å². The molecule has 0 saturated carbocycles. The van der Waals surface area contributed by atoms with Crippen molar-refractivity contribution < 1.29 is 0 Å². The average Bonchev–Trinajstić information content (AvgIpc) is 2.78. The van der Waals surface area contributed by atoms with Gasteiger partial charge in [0.1, 0.15) is 5.69 Å². The van der Waals surface area contributed by atoms with Crippen LogP contribution in [0, 0.1) is 6.92 Å². The summed E-state index contributed by atoms with van der Waals surface area (Å²) < 4.78 is 0. The lowest BCUT2D eigenvalue weighted by atomic mass is 10.2. The molecular weight excluding hydrogens is 236 g/mol. The molecule has 2 aromatic heterocycles. The Kier molecular flexibility index (Phi) is 2.53. The van der Waals surface area contributed by atoms with E-state index in [1.54, 1.807) is 12.3 Å². The number of nitrogens with one attached hydrogen (secondary N) is 1. The first-order valence-electron chi connectivity index (χ1n) is 5.43. The van der Waals surface area contributed by atoms with Crippen LogP contribution in [-0.2, 0) is 13.1 Å². The summed E-state index contributed by atoms with van der Waals surface area (Å²) in [6.45, 7) is 3.67. The van der Waals surface area contributed by atoms with E-state index in [1.807, 2.05) is 13.0 Å². The number of halogens is 1. The predicted octanol–water partition coefficient (Wildman–Crippen LogP) is 2.10. The van der Waals surface area contributed by atoms with Crippen molar-refractivity contribution in [2.45, 2.75) is 20.0 Å². The largest absolute Gasteiger partial charge is 0.307 e. The maximum atomic E-state index is 5.81. The number of nitrogens with zero attached hydrogens (tertiary/aromatic N) is 3. The topological polar surface area (TPSA) is 50.7 Å². The van der Waals surface area contributed by atoms with Gasteiger partial charge in [-0.1, -0.05) is 11.6 Å². The van der Waals surface area contributed by atoms with Gasteiger partial charge in [-0.25, -0.2) is 9.97 Å². The van der Waals surface area contributed by atoms with E-state index in [1.165, 1.54) is 5.56 Å². The summed E-state index contributed by atoms with van der Waals surface area (Å²) >= 11 is 5.81. The Hall–Kier alpha value is -1.52. The molecule has 0 aromatic carbocycles. The smallest absolute Gasteiger partial charge is 0.178 e. The second kappa shape index (κ2) is 4.05. The average molecular weight is 247 g/mol. The summed E-state index contributed by atoms with van der Waals surface area (Å²) in [6, 6.07) is 3.64. The standard InChI is InChI=1S/C12H11ClN4/c1-7-9-5-14-6-11(9)17-12(16-7)10-3-2-8(13)4-15-10/h2-4,14H,5-6H2,1H3. The molecule has 86 valence electrons. The molecule has 0 bridgehead atoms. The zero-order chi connectivity index (χ0) is 11.8. The van der Waals surface area contributed by atoms with Crippen molar-refractivity contribution in [1.82, 2.24) is 20.3 Å². The van der Waals surface area contributed by atoms with Crippen LogP contribution in [0.3, 0.4) is 0 Å². The Bertz CT molecular complexity index is 565. The molecule has 5 heteroatoms. The van der Waals surface area contributed by atoms with Crippen LogP contribution in [0.1, 0.15) is 17.0 Å². The van der Waals surface area contributed by atoms with Crippen LogP contribution in [0.5, 0.6) is 0 Å². The lowest BCUT2D eigenvalue weighted by Crippen LogP contribution is -2.00. The summed E-state index contributed by atoms with van der Waals surface area (Å²) in [5, 5.41) is 3.89. The molecule has 17 heavy (non-hydrogen) atoms. The van der Waals surface area contributed by atoms with Crippen LogP contribution in [-0.4, -0.2) is 15.0 Å². The number of hydrogen-bond donors (Lipinski definition) is 1. The predicted molar refractivity (Wildman–Crippen MR) is 65.6 cm³/mol. The molecular formula is C12H11ClN4. The molecule has 1 aliphatic heterocycles. The molecule has 1 N–H and O–H groups in total. The normalized spacial score (nSPS) is 13.8. The fourth-order valence-corrected chi connectivity index (χ4v) is 2.07. The van der Waals surface area contributed by atoms with Crippen LogP contribution >= 0.6 is 11.6 Å². The minimum atomic E-state index is 0.619. The van der Waals surface area contributed by atoms with Gasteiger partial charge in [-0.05, 0) is 19.1 Å². The van der Waals surface area contributed by atoms with Crippen molar-refractivity contribution in [1.29, 1.82) is 0 Å². The summed E-state index contributed by atoms with van der Waals surface area (Å²) in [5.41, 5.74) is 4.06. The number of aromatic nitrogens is 3. The van der Waals surface area contributed by atoms with E-state index >= 15 is 0 Å². The highest BCUT2D eigenvalue weighted by Crippen LogP contribution is 2.21. The monoisotopic (exact) mass is 246 g/mol. The highest BCUT2D eigenvalue weighted by molar-refractivity contribution is 6.30. The third kappa shape index (κ3) is 1.90. The second-order valence-electron chi connectivity index (χ2n) is 4.02. The number of aryl methyl sites for hydroxylation is 1. The quantitative estimate of drug-likeness (QED) is 0.837. The van der Waals surface area contributed by atoms with Gasteiger partial charge in [0.05, 0.1) is 10.7 Å². The summed E-state index contributed by atoms with van der Waals surface area (Å²) in [7, 11) is 0. The van der Waals surface area contributed by atoms with Crippen LogP contribution in [0.2, 0.25) is 5.02 Å². The van der Waals surface area contributed by atoms with Crippen molar-refractivity contribution >= 4 is 11.6 Å². The lowest BCUT2D eigenvalue weighted by molar-refractivity contribution is 0.757. The van der Waals surface area contributed by atoms with E-state index in [9.17, 15) is 0 Å².